The minimum atomic E-state index is -0.136. The first-order valence-corrected chi connectivity index (χ1v) is 5.90. The van der Waals surface area contributed by atoms with Crippen LogP contribution in [-0.2, 0) is 4.84 Å². The zero-order chi connectivity index (χ0) is 12.7. The van der Waals surface area contributed by atoms with Gasteiger partial charge in [0.05, 0.1) is 5.71 Å². The fraction of sp³-hybridized carbons (Fsp3) is 0.462. The van der Waals surface area contributed by atoms with Crippen LogP contribution in [0.1, 0.15) is 38.7 Å². The Morgan fingerprint density at radius 1 is 1.24 bits per heavy atom. The molecule has 0 aliphatic heterocycles. The summed E-state index contributed by atoms with van der Waals surface area (Å²) < 4.78 is 0. The molecule has 94 valence electrons. The van der Waals surface area contributed by atoms with Crippen LogP contribution in [0.25, 0.3) is 0 Å². The highest BCUT2D eigenvalue weighted by Gasteiger charge is 2.07. The number of hydrogen-bond acceptors (Lipinski definition) is 4. The number of oxime groups is 1. The van der Waals surface area contributed by atoms with E-state index in [9.17, 15) is 10.2 Å². The average molecular weight is 237 g/mol. The summed E-state index contributed by atoms with van der Waals surface area (Å²) in [5, 5.41) is 22.8. The first-order chi connectivity index (χ1) is 8.19. The van der Waals surface area contributed by atoms with Gasteiger partial charge in [-0.2, -0.15) is 0 Å². The molecule has 0 radical (unpaired) electrons. The van der Waals surface area contributed by atoms with E-state index >= 15 is 0 Å². The molecule has 0 atom stereocenters. The van der Waals surface area contributed by atoms with Gasteiger partial charge in [0, 0.05) is 5.56 Å². The van der Waals surface area contributed by atoms with Crippen LogP contribution in [0.3, 0.4) is 0 Å². The molecule has 1 aromatic rings. The Labute approximate surface area is 102 Å². The van der Waals surface area contributed by atoms with Crippen molar-refractivity contribution in [1.82, 2.24) is 0 Å². The number of phenols is 2. The molecule has 1 aromatic carbocycles. The van der Waals surface area contributed by atoms with Crippen LogP contribution in [0.5, 0.6) is 11.5 Å². The number of rotatable bonds is 6. The van der Waals surface area contributed by atoms with Crippen molar-refractivity contribution in [3.8, 4) is 11.5 Å². The van der Waals surface area contributed by atoms with Crippen molar-refractivity contribution in [3.05, 3.63) is 23.8 Å². The minimum Gasteiger partial charge on any atom is -0.504 e. The Morgan fingerprint density at radius 2 is 2.00 bits per heavy atom. The van der Waals surface area contributed by atoms with Gasteiger partial charge in [-0.25, -0.2) is 0 Å². The molecule has 1 rings (SSSR count). The number of benzene rings is 1. The van der Waals surface area contributed by atoms with E-state index in [4.69, 9.17) is 4.84 Å². The zero-order valence-electron chi connectivity index (χ0n) is 10.3. The van der Waals surface area contributed by atoms with Gasteiger partial charge in [0.1, 0.15) is 6.61 Å². The van der Waals surface area contributed by atoms with Gasteiger partial charge in [-0.05, 0) is 38.0 Å². The lowest BCUT2D eigenvalue weighted by Gasteiger charge is -2.07. The van der Waals surface area contributed by atoms with Gasteiger partial charge < -0.3 is 15.1 Å². The number of unbranched alkanes of at least 4 members (excludes halogenated alkanes) is 1. The van der Waals surface area contributed by atoms with Crippen molar-refractivity contribution in [2.24, 2.45) is 5.16 Å². The Balaban J connectivity index is 2.91. The molecule has 2 N–H and O–H groups in total. The largest absolute Gasteiger partial charge is 0.504 e. The predicted octanol–water partition coefficient (Wildman–Crippen LogP) is 3.03. The lowest BCUT2D eigenvalue weighted by atomic mass is 10.0. The second-order valence-corrected chi connectivity index (χ2v) is 3.76. The summed E-state index contributed by atoms with van der Waals surface area (Å²) in [6.07, 6.45) is 2.86. The van der Waals surface area contributed by atoms with Gasteiger partial charge in [-0.3, -0.25) is 0 Å². The van der Waals surface area contributed by atoms with Crippen LogP contribution in [-0.4, -0.2) is 22.5 Å². The fourth-order valence-electron chi connectivity index (χ4n) is 1.43. The maximum absolute atomic E-state index is 9.45. The molecule has 0 heterocycles. The normalized spacial score (nSPS) is 11.5. The lowest BCUT2D eigenvalue weighted by Crippen LogP contribution is -2.02. The van der Waals surface area contributed by atoms with Gasteiger partial charge in [-0.15, -0.1) is 0 Å². The molecule has 0 spiro atoms. The van der Waals surface area contributed by atoms with E-state index in [1.165, 1.54) is 12.1 Å². The van der Waals surface area contributed by atoms with Crippen LogP contribution < -0.4 is 0 Å². The summed E-state index contributed by atoms with van der Waals surface area (Å²) in [6.45, 7) is 4.49. The summed E-state index contributed by atoms with van der Waals surface area (Å²) in [5.41, 5.74) is 1.58. The van der Waals surface area contributed by atoms with Crippen LogP contribution in [0, 0.1) is 0 Å². The molecule has 0 aromatic heterocycles. The second-order valence-electron chi connectivity index (χ2n) is 3.76. The molecule has 0 fully saturated rings. The molecule has 0 amide bonds. The van der Waals surface area contributed by atoms with E-state index in [0.717, 1.165) is 30.5 Å². The maximum atomic E-state index is 9.45. The highest BCUT2D eigenvalue weighted by Crippen LogP contribution is 2.26. The Kier molecular flexibility index (Phi) is 5.33. The van der Waals surface area contributed by atoms with Gasteiger partial charge in [0.25, 0.3) is 0 Å². The number of aromatic hydroxyl groups is 2. The zero-order valence-corrected chi connectivity index (χ0v) is 10.3. The predicted molar refractivity (Wildman–Crippen MR) is 67.5 cm³/mol. The van der Waals surface area contributed by atoms with Gasteiger partial charge in [0.15, 0.2) is 11.5 Å². The molecule has 4 nitrogen and oxygen atoms in total. The molecule has 17 heavy (non-hydrogen) atoms. The van der Waals surface area contributed by atoms with E-state index < -0.39 is 0 Å². The minimum absolute atomic E-state index is 0.125. The van der Waals surface area contributed by atoms with Crippen molar-refractivity contribution in [1.29, 1.82) is 0 Å². The highest BCUT2D eigenvalue weighted by molar-refractivity contribution is 6.00. The van der Waals surface area contributed by atoms with Gasteiger partial charge in [-0.1, -0.05) is 18.5 Å². The fourth-order valence-corrected chi connectivity index (χ4v) is 1.43. The Morgan fingerprint density at radius 3 is 2.59 bits per heavy atom. The van der Waals surface area contributed by atoms with Crippen LogP contribution in [0.4, 0.5) is 0 Å². The van der Waals surface area contributed by atoms with E-state index in [0.29, 0.717) is 6.61 Å². The Bertz CT molecular complexity index is 388. The molecule has 0 saturated heterocycles. The summed E-state index contributed by atoms with van der Waals surface area (Å²) in [5.74, 6) is -0.261. The van der Waals surface area contributed by atoms with Crippen LogP contribution >= 0.6 is 0 Å². The molecule has 0 aliphatic carbocycles. The molecular weight excluding hydrogens is 218 g/mol. The van der Waals surface area contributed by atoms with Crippen molar-refractivity contribution in [2.75, 3.05) is 6.61 Å². The van der Waals surface area contributed by atoms with Crippen molar-refractivity contribution in [2.45, 2.75) is 33.1 Å². The molecule has 0 aliphatic rings. The molecular formula is C13H19NO3. The first kappa shape index (κ1) is 13.4. The molecule has 0 bridgehead atoms. The van der Waals surface area contributed by atoms with Crippen LogP contribution in [0.2, 0.25) is 0 Å². The topological polar surface area (TPSA) is 62.0 Å². The van der Waals surface area contributed by atoms with E-state index in [1.807, 2.05) is 6.92 Å². The van der Waals surface area contributed by atoms with Crippen molar-refractivity contribution in [3.63, 3.8) is 0 Å². The quantitative estimate of drug-likeness (QED) is 0.454. The number of phenolic OH excluding ortho intramolecular Hbond substituents is 2. The average Bonchev–Trinajstić information content (AvgIpc) is 2.33. The summed E-state index contributed by atoms with van der Waals surface area (Å²) in [6, 6.07) is 4.68. The number of hydrogen-bond donors (Lipinski definition) is 2. The van der Waals surface area contributed by atoms with E-state index in [1.54, 1.807) is 6.07 Å². The van der Waals surface area contributed by atoms with Gasteiger partial charge >= 0.3 is 0 Å². The van der Waals surface area contributed by atoms with Crippen LogP contribution in [0.15, 0.2) is 23.4 Å². The standard InChI is InChI=1S/C13H19NO3/c1-3-5-6-11(14-17-4-2)10-7-8-12(15)13(16)9-10/h7-9,15-16H,3-6H2,1-2H3/b14-11-. The van der Waals surface area contributed by atoms with Gasteiger partial charge in [0.2, 0.25) is 0 Å². The highest BCUT2D eigenvalue weighted by atomic mass is 16.6. The number of nitrogens with zero attached hydrogens (tertiary/aromatic N) is 1. The monoisotopic (exact) mass is 237 g/mol. The third-order valence-electron chi connectivity index (χ3n) is 2.38. The summed E-state index contributed by atoms with van der Waals surface area (Å²) >= 11 is 0. The third-order valence-corrected chi connectivity index (χ3v) is 2.38. The smallest absolute Gasteiger partial charge is 0.158 e. The molecule has 0 unspecified atom stereocenters. The molecule has 0 saturated carbocycles. The second kappa shape index (κ2) is 6.78. The third kappa shape index (κ3) is 3.98. The van der Waals surface area contributed by atoms with E-state index in [2.05, 4.69) is 12.1 Å². The SMILES string of the molecule is CCCC/C(=N/OCC)c1ccc(O)c(O)c1. The molecule has 4 heteroatoms. The van der Waals surface area contributed by atoms with Crippen molar-refractivity contribution < 1.29 is 15.1 Å². The summed E-state index contributed by atoms with van der Waals surface area (Å²) in [4.78, 5) is 5.06. The summed E-state index contributed by atoms with van der Waals surface area (Å²) in [7, 11) is 0. The van der Waals surface area contributed by atoms with Crippen molar-refractivity contribution >= 4 is 5.71 Å². The lowest BCUT2D eigenvalue weighted by molar-refractivity contribution is 0.158. The Hall–Kier alpha value is -1.71. The van der Waals surface area contributed by atoms with E-state index in [-0.39, 0.29) is 11.5 Å². The maximum Gasteiger partial charge on any atom is 0.158 e. The first-order valence-electron chi connectivity index (χ1n) is 5.90.